The van der Waals surface area contributed by atoms with Crippen LogP contribution in [0.3, 0.4) is 0 Å². The SMILES string of the molecule is [CH2-]CCC[C-](C)C.[Zn+2]. The fourth-order valence-corrected chi connectivity index (χ4v) is 0.479. The summed E-state index contributed by atoms with van der Waals surface area (Å²) < 4.78 is 0. The van der Waals surface area contributed by atoms with Gasteiger partial charge >= 0.3 is 19.5 Å². The molecule has 0 aromatic rings. The molecular weight excluding hydrogens is 149 g/mol. The van der Waals surface area contributed by atoms with Crippen LogP contribution in [0.2, 0.25) is 0 Å². The maximum absolute atomic E-state index is 3.74. The van der Waals surface area contributed by atoms with E-state index in [1.807, 2.05) is 0 Å². The molecule has 0 amide bonds. The number of hydrogen-bond acceptors (Lipinski definition) is 0. The first kappa shape index (κ1) is 11.4. The fraction of sp³-hybridized carbons (Fsp3) is 0.714. The van der Waals surface area contributed by atoms with E-state index in [0.29, 0.717) is 0 Å². The molecule has 0 aliphatic rings. The summed E-state index contributed by atoms with van der Waals surface area (Å²) in [6.45, 7) is 8.07. The molecule has 0 saturated carbocycles. The van der Waals surface area contributed by atoms with E-state index in [1.54, 1.807) is 0 Å². The zero-order chi connectivity index (χ0) is 5.70. The molecule has 0 bridgehead atoms. The average molecular weight is 164 g/mol. The van der Waals surface area contributed by atoms with Gasteiger partial charge in [0.05, 0.1) is 0 Å². The quantitative estimate of drug-likeness (QED) is 0.443. The summed E-state index contributed by atoms with van der Waals surface area (Å²) in [7, 11) is 0. The maximum atomic E-state index is 3.74. The molecule has 0 nitrogen and oxygen atoms in total. The number of unbranched alkanes of at least 4 members (excludes halogenated alkanes) is 1. The molecule has 0 radical (unpaired) electrons. The molecule has 44 valence electrons. The Kier molecular flexibility index (Phi) is 10.9. The molecule has 0 aromatic heterocycles. The number of rotatable bonds is 3. The van der Waals surface area contributed by atoms with Crippen molar-refractivity contribution in [2.45, 2.75) is 33.1 Å². The van der Waals surface area contributed by atoms with Crippen LogP contribution in [0.5, 0.6) is 0 Å². The Morgan fingerprint density at radius 2 is 1.88 bits per heavy atom. The fourth-order valence-electron chi connectivity index (χ4n) is 0.479. The van der Waals surface area contributed by atoms with E-state index >= 15 is 0 Å². The van der Waals surface area contributed by atoms with Crippen molar-refractivity contribution in [1.82, 2.24) is 0 Å². The van der Waals surface area contributed by atoms with Crippen molar-refractivity contribution in [3.63, 3.8) is 0 Å². The van der Waals surface area contributed by atoms with Crippen molar-refractivity contribution in [2.75, 3.05) is 0 Å². The molecule has 0 spiro atoms. The minimum absolute atomic E-state index is 0. The molecular formula is C7H14Zn. The van der Waals surface area contributed by atoms with Crippen LogP contribution in [0, 0.1) is 12.8 Å². The Morgan fingerprint density at radius 1 is 1.38 bits per heavy atom. The summed E-state index contributed by atoms with van der Waals surface area (Å²) in [5.74, 6) is 1.52. The van der Waals surface area contributed by atoms with E-state index in [0.717, 1.165) is 6.42 Å². The average Bonchev–Trinajstić information content (AvgIpc) is 1.61. The second-order valence-corrected chi connectivity index (χ2v) is 2.16. The largest absolute Gasteiger partial charge is 2.00 e. The third kappa shape index (κ3) is 9.80. The van der Waals surface area contributed by atoms with Gasteiger partial charge in [0, 0.05) is 0 Å². The monoisotopic (exact) mass is 162 g/mol. The molecule has 0 aliphatic carbocycles. The molecule has 0 N–H and O–H groups in total. The van der Waals surface area contributed by atoms with Crippen molar-refractivity contribution >= 4 is 0 Å². The standard InChI is InChI=1S/C7H14.Zn/c1-4-5-6-7(2)3;/h1,4-6H2,2-3H3;/q-2;+2. The van der Waals surface area contributed by atoms with Crippen LogP contribution in [0.25, 0.3) is 0 Å². The van der Waals surface area contributed by atoms with Gasteiger partial charge < -0.3 is 12.8 Å². The molecule has 0 atom stereocenters. The van der Waals surface area contributed by atoms with Crippen LogP contribution in [0.15, 0.2) is 0 Å². The van der Waals surface area contributed by atoms with E-state index in [2.05, 4.69) is 20.8 Å². The van der Waals surface area contributed by atoms with Crippen LogP contribution in [0.4, 0.5) is 0 Å². The van der Waals surface area contributed by atoms with Crippen LogP contribution in [0.1, 0.15) is 33.1 Å². The Morgan fingerprint density at radius 3 is 2.00 bits per heavy atom. The zero-order valence-corrected chi connectivity index (χ0v) is 9.00. The second-order valence-electron chi connectivity index (χ2n) is 2.16. The van der Waals surface area contributed by atoms with Gasteiger partial charge in [-0.25, -0.2) is 0 Å². The minimum atomic E-state index is 0. The topological polar surface area (TPSA) is 0 Å². The summed E-state index contributed by atoms with van der Waals surface area (Å²) in [5.41, 5.74) is 0. The molecule has 8 heavy (non-hydrogen) atoms. The van der Waals surface area contributed by atoms with Gasteiger partial charge in [0.15, 0.2) is 0 Å². The summed E-state index contributed by atoms with van der Waals surface area (Å²) in [6.07, 6.45) is 3.58. The first-order valence-corrected chi connectivity index (χ1v) is 2.85. The molecule has 0 heterocycles. The van der Waals surface area contributed by atoms with E-state index in [-0.39, 0.29) is 19.5 Å². The first-order chi connectivity index (χ1) is 3.27. The third-order valence-corrected chi connectivity index (χ3v) is 0.927. The second kappa shape index (κ2) is 7.62. The van der Waals surface area contributed by atoms with Crippen LogP contribution >= 0.6 is 0 Å². The summed E-state index contributed by atoms with van der Waals surface area (Å²) in [5, 5.41) is 0. The van der Waals surface area contributed by atoms with Crippen LogP contribution in [-0.4, -0.2) is 0 Å². The Bertz CT molecular complexity index is 33.4. The van der Waals surface area contributed by atoms with Crippen molar-refractivity contribution in [1.29, 1.82) is 0 Å². The smallest absolute Gasteiger partial charge is 0.343 e. The Labute approximate surface area is 65.8 Å². The molecule has 0 fully saturated rings. The zero-order valence-electron chi connectivity index (χ0n) is 6.04. The predicted molar refractivity (Wildman–Crippen MR) is 33.8 cm³/mol. The van der Waals surface area contributed by atoms with Crippen molar-refractivity contribution in [2.24, 2.45) is 0 Å². The van der Waals surface area contributed by atoms with E-state index in [4.69, 9.17) is 0 Å². The van der Waals surface area contributed by atoms with Gasteiger partial charge in [-0.05, 0) is 0 Å². The van der Waals surface area contributed by atoms with Gasteiger partial charge in [0.2, 0.25) is 0 Å². The summed E-state index contributed by atoms with van der Waals surface area (Å²) >= 11 is 0. The molecule has 0 aromatic carbocycles. The van der Waals surface area contributed by atoms with Crippen molar-refractivity contribution < 1.29 is 19.5 Å². The van der Waals surface area contributed by atoms with Gasteiger partial charge in [0.25, 0.3) is 0 Å². The Hall–Kier alpha value is 0.623. The van der Waals surface area contributed by atoms with E-state index < -0.39 is 0 Å². The molecule has 0 unspecified atom stereocenters. The molecule has 0 aliphatic heterocycles. The summed E-state index contributed by atoms with van der Waals surface area (Å²) in [6, 6.07) is 0. The minimum Gasteiger partial charge on any atom is -0.343 e. The van der Waals surface area contributed by atoms with Crippen LogP contribution < -0.4 is 0 Å². The third-order valence-electron chi connectivity index (χ3n) is 0.927. The van der Waals surface area contributed by atoms with Crippen molar-refractivity contribution in [3.05, 3.63) is 12.8 Å². The molecule has 1 heteroatoms. The number of hydrogen-bond donors (Lipinski definition) is 0. The van der Waals surface area contributed by atoms with Gasteiger partial charge in [-0.3, -0.25) is 0 Å². The van der Waals surface area contributed by atoms with Gasteiger partial charge in [-0.15, -0.1) is 6.42 Å². The van der Waals surface area contributed by atoms with Crippen LogP contribution in [-0.2, 0) is 19.5 Å². The van der Waals surface area contributed by atoms with E-state index in [9.17, 15) is 0 Å². The predicted octanol–water partition coefficient (Wildman–Crippen LogP) is 2.60. The first-order valence-electron chi connectivity index (χ1n) is 2.85. The van der Waals surface area contributed by atoms with Gasteiger partial charge in [-0.2, -0.15) is 26.7 Å². The van der Waals surface area contributed by atoms with Gasteiger partial charge in [0.1, 0.15) is 0 Å². The molecule has 0 saturated heterocycles. The van der Waals surface area contributed by atoms with E-state index in [1.165, 1.54) is 18.8 Å². The maximum Gasteiger partial charge on any atom is 2.00 e. The van der Waals surface area contributed by atoms with Crippen molar-refractivity contribution in [3.8, 4) is 0 Å². The summed E-state index contributed by atoms with van der Waals surface area (Å²) in [4.78, 5) is 0. The molecule has 0 rings (SSSR count). The normalized spacial score (nSPS) is 9.00. The Balaban J connectivity index is 0. The van der Waals surface area contributed by atoms with Gasteiger partial charge in [-0.1, -0.05) is 0 Å².